The van der Waals surface area contributed by atoms with Crippen LogP contribution in [0.25, 0.3) is 0 Å². The van der Waals surface area contributed by atoms with Crippen LogP contribution in [0.15, 0.2) is 16.9 Å². The van der Waals surface area contributed by atoms with E-state index in [9.17, 15) is 8.42 Å². The zero-order valence-electron chi connectivity index (χ0n) is 11.4. The fraction of sp³-hybridized carbons (Fsp3) is 0.667. The summed E-state index contributed by atoms with van der Waals surface area (Å²) >= 11 is 3.30. The molecule has 2 rings (SSSR count). The predicted octanol–water partition coefficient (Wildman–Crippen LogP) is 1.16. The largest absolute Gasteiger partial charge is 0.351 e. The molecule has 1 fully saturated rings. The fourth-order valence-corrected chi connectivity index (χ4v) is 2.96. The Morgan fingerprint density at radius 3 is 2.50 bits per heavy atom. The second-order valence-electron chi connectivity index (χ2n) is 5.12. The number of halogens is 1. The van der Waals surface area contributed by atoms with Crippen LogP contribution in [0.4, 0.5) is 5.95 Å². The van der Waals surface area contributed by atoms with Crippen molar-refractivity contribution in [3.8, 4) is 0 Å². The molecule has 1 saturated heterocycles. The number of piperidine rings is 1. The van der Waals surface area contributed by atoms with E-state index < -0.39 is 9.84 Å². The molecule has 6 nitrogen and oxygen atoms in total. The minimum absolute atomic E-state index is 0.237. The quantitative estimate of drug-likeness (QED) is 0.846. The summed E-state index contributed by atoms with van der Waals surface area (Å²) in [6.45, 7) is 2.44. The van der Waals surface area contributed by atoms with E-state index in [1.807, 2.05) is 0 Å². The summed E-state index contributed by atoms with van der Waals surface area (Å²) in [6.07, 6.45) is 6.67. The van der Waals surface area contributed by atoms with Crippen LogP contribution in [0.5, 0.6) is 0 Å². The van der Waals surface area contributed by atoms with Gasteiger partial charge in [0.1, 0.15) is 9.84 Å². The van der Waals surface area contributed by atoms with Gasteiger partial charge in [-0.2, -0.15) is 0 Å². The Morgan fingerprint density at radius 1 is 1.35 bits per heavy atom. The van der Waals surface area contributed by atoms with E-state index in [2.05, 4.69) is 36.1 Å². The number of rotatable bonds is 5. The number of hydrogen-bond acceptors (Lipinski definition) is 6. The molecule has 1 aliphatic heterocycles. The van der Waals surface area contributed by atoms with Gasteiger partial charge in [-0.1, -0.05) is 0 Å². The zero-order chi connectivity index (χ0) is 14.6. The maximum absolute atomic E-state index is 11.1. The summed E-state index contributed by atoms with van der Waals surface area (Å²) < 4.78 is 23.2. The third kappa shape index (κ3) is 5.34. The van der Waals surface area contributed by atoms with Gasteiger partial charge in [0.15, 0.2) is 0 Å². The third-order valence-corrected chi connectivity index (χ3v) is 4.65. The first kappa shape index (κ1) is 15.7. The molecule has 1 N–H and O–H groups in total. The van der Waals surface area contributed by atoms with Crippen LogP contribution in [0.2, 0.25) is 0 Å². The lowest BCUT2D eigenvalue weighted by Crippen LogP contribution is -2.41. The van der Waals surface area contributed by atoms with Crippen LogP contribution in [0.1, 0.15) is 12.8 Å². The van der Waals surface area contributed by atoms with Crippen LogP contribution in [0, 0.1) is 0 Å². The van der Waals surface area contributed by atoms with E-state index in [1.54, 1.807) is 12.4 Å². The van der Waals surface area contributed by atoms with Crippen LogP contribution >= 0.6 is 15.9 Å². The summed E-state index contributed by atoms with van der Waals surface area (Å²) in [5, 5.41) is 3.31. The van der Waals surface area contributed by atoms with Crippen molar-refractivity contribution in [1.82, 2.24) is 14.9 Å². The van der Waals surface area contributed by atoms with Gasteiger partial charge in [-0.15, -0.1) is 0 Å². The van der Waals surface area contributed by atoms with Gasteiger partial charge in [0.05, 0.1) is 10.2 Å². The predicted molar refractivity (Wildman–Crippen MR) is 82.5 cm³/mol. The van der Waals surface area contributed by atoms with Crippen molar-refractivity contribution in [3.05, 3.63) is 16.9 Å². The van der Waals surface area contributed by atoms with Gasteiger partial charge in [0.2, 0.25) is 5.95 Å². The van der Waals surface area contributed by atoms with Gasteiger partial charge in [-0.25, -0.2) is 18.4 Å². The fourth-order valence-electron chi connectivity index (χ4n) is 2.17. The van der Waals surface area contributed by atoms with Crippen LogP contribution < -0.4 is 5.32 Å². The van der Waals surface area contributed by atoms with Gasteiger partial charge < -0.3 is 10.2 Å². The molecule has 1 aromatic heterocycles. The summed E-state index contributed by atoms with van der Waals surface area (Å²) in [5.74, 6) is 0.878. The lowest BCUT2D eigenvalue weighted by molar-refractivity contribution is 0.230. The first-order chi connectivity index (χ1) is 9.42. The Labute approximate surface area is 128 Å². The molecular weight excluding hydrogens is 344 g/mol. The van der Waals surface area contributed by atoms with Gasteiger partial charge in [-0.05, 0) is 28.8 Å². The highest BCUT2D eigenvalue weighted by molar-refractivity contribution is 9.10. The molecule has 0 unspecified atom stereocenters. The van der Waals surface area contributed by atoms with Crippen LogP contribution in [-0.4, -0.2) is 61.0 Å². The summed E-state index contributed by atoms with van der Waals surface area (Å²) in [5.41, 5.74) is 0. The molecular formula is C12H19BrN4O2S. The molecule has 8 heteroatoms. The van der Waals surface area contributed by atoms with Gasteiger partial charge in [0, 0.05) is 44.3 Å². The molecule has 0 atom stereocenters. The van der Waals surface area contributed by atoms with E-state index in [0.29, 0.717) is 18.5 Å². The number of nitrogens with one attached hydrogen (secondary N) is 1. The minimum atomic E-state index is -2.87. The molecule has 0 bridgehead atoms. The molecule has 0 aliphatic carbocycles. The number of likely N-dealkylation sites (tertiary alicyclic amines) is 1. The number of aromatic nitrogens is 2. The molecule has 112 valence electrons. The monoisotopic (exact) mass is 362 g/mol. The highest BCUT2D eigenvalue weighted by Gasteiger charge is 2.20. The smallest absolute Gasteiger partial charge is 0.222 e. The first-order valence-corrected chi connectivity index (χ1v) is 9.42. The third-order valence-electron chi connectivity index (χ3n) is 3.32. The Kier molecular flexibility index (Phi) is 5.34. The topological polar surface area (TPSA) is 75.2 Å². The number of anilines is 1. The molecule has 2 heterocycles. The van der Waals surface area contributed by atoms with E-state index in [1.165, 1.54) is 6.26 Å². The summed E-state index contributed by atoms with van der Waals surface area (Å²) in [6, 6.07) is 0.352. The van der Waals surface area contributed by atoms with Gasteiger partial charge in [0.25, 0.3) is 0 Å². The lowest BCUT2D eigenvalue weighted by Gasteiger charge is -2.32. The molecule has 0 spiro atoms. The van der Waals surface area contributed by atoms with Gasteiger partial charge in [-0.3, -0.25) is 0 Å². The van der Waals surface area contributed by atoms with Crippen LogP contribution in [0.3, 0.4) is 0 Å². The highest BCUT2D eigenvalue weighted by atomic mass is 79.9. The Balaban J connectivity index is 1.75. The van der Waals surface area contributed by atoms with Gasteiger partial charge >= 0.3 is 0 Å². The van der Waals surface area contributed by atoms with Crippen molar-refractivity contribution in [2.45, 2.75) is 18.9 Å². The maximum Gasteiger partial charge on any atom is 0.222 e. The summed E-state index contributed by atoms with van der Waals surface area (Å²) in [7, 11) is -2.87. The zero-order valence-corrected chi connectivity index (χ0v) is 13.8. The molecule has 0 aromatic carbocycles. The Morgan fingerprint density at radius 2 is 1.95 bits per heavy atom. The van der Waals surface area contributed by atoms with E-state index >= 15 is 0 Å². The molecule has 0 amide bonds. The van der Waals surface area contributed by atoms with Crippen molar-refractivity contribution in [2.75, 3.05) is 37.0 Å². The second kappa shape index (κ2) is 6.82. The molecule has 0 saturated carbocycles. The molecule has 0 radical (unpaired) electrons. The van der Waals surface area contributed by atoms with Crippen molar-refractivity contribution >= 4 is 31.7 Å². The van der Waals surface area contributed by atoms with E-state index in [4.69, 9.17) is 0 Å². The number of sulfone groups is 1. The van der Waals surface area contributed by atoms with Crippen molar-refractivity contribution < 1.29 is 8.42 Å². The van der Waals surface area contributed by atoms with Crippen molar-refractivity contribution in [3.63, 3.8) is 0 Å². The Hall–Kier alpha value is -0.730. The average molecular weight is 363 g/mol. The minimum Gasteiger partial charge on any atom is -0.351 e. The first-order valence-electron chi connectivity index (χ1n) is 6.56. The normalized spacial score (nSPS) is 18.1. The van der Waals surface area contributed by atoms with Crippen LogP contribution in [-0.2, 0) is 9.84 Å². The maximum atomic E-state index is 11.1. The molecule has 1 aliphatic rings. The highest BCUT2D eigenvalue weighted by Crippen LogP contribution is 2.15. The molecule has 20 heavy (non-hydrogen) atoms. The van der Waals surface area contributed by atoms with Crippen molar-refractivity contribution in [1.29, 1.82) is 0 Å². The Bertz CT molecular complexity index is 527. The van der Waals surface area contributed by atoms with E-state index in [-0.39, 0.29) is 5.75 Å². The molecule has 1 aromatic rings. The second-order valence-corrected chi connectivity index (χ2v) is 8.29. The summed E-state index contributed by atoms with van der Waals surface area (Å²) in [4.78, 5) is 10.6. The SMILES string of the molecule is CS(=O)(=O)CCN1CCC(Nc2ncc(Br)cn2)CC1. The number of hydrogen-bond donors (Lipinski definition) is 1. The number of nitrogens with zero attached hydrogens (tertiary/aromatic N) is 3. The van der Waals surface area contributed by atoms with E-state index in [0.717, 1.165) is 30.4 Å². The van der Waals surface area contributed by atoms with Crippen molar-refractivity contribution in [2.24, 2.45) is 0 Å². The standard InChI is InChI=1S/C12H19BrN4O2S/c1-20(18,19)7-6-17-4-2-11(3-5-17)16-12-14-8-10(13)9-15-12/h8-9,11H,2-7H2,1H3,(H,14,15,16). The lowest BCUT2D eigenvalue weighted by atomic mass is 10.1. The average Bonchev–Trinajstić information content (AvgIpc) is 2.40.